The van der Waals surface area contributed by atoms with Crippen LogP contribution in [0.3, 0.4) is 0 Å². The highest BCUT2D eigenvalue weighted by Gasteiger charge is 2.20. The third-order valence-electron chi connectivity index (χ3n) is 3.10. The van der Waals surface area contributed by atoms with Crippen LogP contribution in [0.1, 0.15) is 11.1 Å². The van der Waals surface area contributed by atoms with Crippen LogP contribution in [0.2, 0.25) is 0 Å². The lowest BCUT2D eigenvalue weighted by Gasteiger charge is -2.16. The van der Waals surface area contributed by atoms with Crippen molar-refractivity contribution in [3.05, 3.63) is 41.6 Å². The summed E-state index contributed by atoms with van der Waals surface area (Å²) in [5, 5.41) is 16.1. The number of benzene rings is 1. The fourth-order valence-electron chi connectivity index (χ4n) is 2.17. The maximum Gasteiger partial charge on any atom is 0.273 e. The first-order valence-electron chi connectivity index (χ1n) is 6.93. The molecule has 2 N–H and O–H groups in total. The van der Waals surface area contributed by atoms with Crippen LogP contribution in [0, 0.1) is 0 Å². The van der Waals surface area contributed by atoms with E-state index in [4.69, 9.17) is 21.7 Å². The number of carboxylic acid groups (broad SMARTS) is 1. The Hall–Kier alpha value is -2.87. The maximum absolute atomic E-state index is 11.7. The van der Waals surface area contributed by atoms with Gasteiger partial charge in [-0.1, -0.05) is 6.08 Å². The standard InChI is InChI=1S/C16H16N2O5S/c1-3-4-10-5-9(6-11-15(21)18-16(24)17-11)7-12(22-2)14(10)23-8-13(19)20/h3,5-7H,1,4,8H2,2H3,(H,19,20)(H2,17,18,21,24)/p-1/b11-6+. The highest BCUT2D eigenvalue weighted by atomic mass is 32.1. The first-order chi connectivity index (χ1) is 11.4. The Morgan fingerprint density at radius 3 is 2.71 bits per heavy atom. The molecule has 0 aromatic heterocycles. The SMILES string of the molecule is C=CCc1cc(/C=C2/NC(=S)NC2=O)cc(OC)c1OCC(=O)[O-]. The molecule has 1 fully saturated rings. The number of aliphatic carboxylic acids is 1. The Morgan fingerprint density at radius 2 is 2.17 bits per heavy atom. The summed E-state index contributed by atoms with van der Waals surface area (Å²) >= 11 is 4.88. The van der Waals surface area contributed by atoms with E-state index in [0.717, 1.165) is 0 Å². The summed E-state index contributed by atoms with van der Waals surface area (Å²) in [5.74, 6) is -1.04. The van der Waals surface area contributed by atoms with Crippen molar-refractivity contribution < 1.29 is 24.2 Å². The Labute approximate surface area is 143 Å². The lowest BCUT2D eigenvalue weighted by molar-refractivity contribution is -0.307. The molecule has 1 amide bonds. The fraction of sp³-hybridized carbons (Fsp3) is 0.188. The molecule has 1 aromatic rings. The molecule has 1 heterocycles. The van der Waals surface area contributed by atoms with Gasteiger partial charge in [-0.3, -0.25) is 10.1 Å². The summed E-state index contributed by atoms with van der Waals surface area (Å²) in [6, 6.07) is 3.37. The van der Waals surface area contributed by atoms with Crippen molar-refractivity contribution in [1.82, 2.24) is 10.6 Å². The second-order valence-corrected chi connectivity index (χ2v) is 5.24. The zero-order valence-electron chi connectivity index (χ0n) is 12.9. The quantitative estimate of drug-likeness (QED) is 0.403. The van der Waals surface area contributed by atoms with Gasteiger partial charge in [0.2, 0.25) is 0 Å². The number of hydrogen-bond acceptors (Lipinski definition) is 6. The first kappa shape index (κ1) is 17.5. The monoisotopic (exact) mass is 347 g/mol. The Bertz CT molecular complexity index is 742. The number of nitrogens with one attached hydrogen (secondary N) is 2. The highest BCUT2D eigenvalue weighted by molar-refractivity contribution is 7.80. The molecule has 0 saturated carbocycles. The van der Waals surface area contributed by atoms with E-state index in [1.54, 1.807) is 24.3 Å². The van der Waals surface area contributed by atoms with Crippen molar-refractivity contribution in [2.24, 2.45) is 0 Å². The molecule has 7 nitrogen and oxygen atoms in total. The number of allylic oxidation sites excluding steroid dienone is 1. The number of hydrogen-bond donors (Lipinski definition) is 2. The Balaban J connectivity index is 2.43. The predicted molar refractivity (Wildman–Crippen MR) is 89.3 cm³/mol. The molecular weight excluding hydrogens is 332 g/mol. The van der Waals surface area contributed by atoms with Crippen LogP contribution in [0.15, 0.2) is 30.5 Å². The van der Waals surface area contributed by atoms with E-state index in [2.05, 4.69) is 17.2 Å². The Morgan fingerprint density at radius 1 is 1.42 bits per heavy atom. The van der Waals surface area contributed by atoms with Crippen molar-refractivity contribution in [1.29, 1.82) is 0 Å². The zero-order valence-corrected chi connectivity index (χ0v) is 13.7. The average Bonchev–Trinajstić information content (AvgIpc) is 2.83. The molecule has 0 bridgehead atoms. The Kier molecular flexibility index (Phi) is 5.54. The average molecular weight is 347 g/mol. The van der Waals surface area contributed by atoms with Crippen LogP contribution in [-0.4, -0.2) is 30.7 Å². The van der Waals surface area contributed by atoms with Gasteiger partial charge in [0.25, 0.3) is 5.91 Å². The van der Waals surface area contributed by atoms with Gasteiger partial charge in [-0.2, -0.15) is 0 Å². The smallest absolute Gasteiger partial charge is 0.273 e. The number of carbonyl (C=O) groups excluding carboxylic acids is 2. The van der Waals surface area contributed by atoms with E-state index in [-0.39, 0.29) is 11.0 Å². The van der Waals surface area contributed by atoms with Gasteiger partial charge in [-0.05, 0) is 42.4 Å². The zero-order chi connectivity index (χ0) is 17.7. The number of rotatable bonds is 7. The minimum atomic E-state index is -1.34. The van der Waals surface area contributed by atoms with Gasteiger partial charge in [-0.25, -0.2) is 0 Å². The third kappa shape index (κ3) is 4.11. The van der Waals surface area contributed by atoms with Gasteiger partial charge in [-0.15, -0.1) is 6.58 Å². The van der Waals surface area contributed by atoms with E-state index in [9.17, 15) is 14.7 Å². The first-order valence-corrected chi connectivity index (χ1v) is 7.34. The molecule has 1 aliphatic rings. The van der Waals surface area contributed by atoms with Gasteiger partial charge >= 0.3 is 0 Å². The predicted octanol–water partition coefficient (Wildman–Crippen LogP) is -0.102. The highest BCUT2D eigenvalue weighted by Crippen LogP contribution is 2.34. The number of carboxylic acids is 1. The summed E-state index contributed by atoms with van der Waals surface area (Å²) in [5.41, 5.74) is 1.63. The number of carbonyl (C=O) groups is 2. The molecule has 2 rings (SSSR count). The van der Waals surface area contributed by atoms with E-state index < -0.39 is 12.6 Å². The van der Waals surface area contributed by atoms with Crippen molar-refractivity contribution in [3.8, 4) is 11.5 Å². The van der Waals surface area contributed by atoms with Crippen molar-refractivity contribution in [3.63, 3.8) is 0 Å². The molecule has 1 aromatic carbocycles. The molecule has 0 unspecified atom stereocenters. The molecular formula is C16H15N2O5S-. The van der Waals surface area contributed by atoms with Crippen LogP contribution in [-0.2, 0) is 16.0 Å². The van der Waals surface area contributed by atoms with Crippen LogP contribution in [0.4, 0.5) is 0 Å². The summed E-state index contributed by atoms with van der Waals surface area (Å²) in [6.07, 6.45) is 3.67. The second-order valence-electron chi connectivity index (χ2n) is 4.83. The normalized spacial score (nSPS) is 15.0. The number of ether oxygens (including phenoxy) is 2. The summed E-state index contributed by atoms with van der Waals surface area (Å²) < 4.78 is 10.5. The number of thiocarbonyl (C=S) groups is 1. The van der Waals surface area contributed by atoms with Gasteiger partial charge in [0.15, 0.2) is 16.6 Å². The van der Waals surface area contributed by atoms with Crippen LogP contribution < -0.4 is 25.2 Å². The van der Waals surface area contributed by atoms with Crippen LogP contribution in [0.25, 0.3) is 6.08 Å². The number of amides is 1. The largest absolute Gasteiger partial charge is 0.546 e. The maximum atomic E-state index is 11.7. The van der Waals surface area contributed by atoms with Crippen molar-refractivity contribution in [2.45, 2.75) is 6.42 Å². The molecule has 8 heteroatoms. The molecule has 24 heavy (non-hydrogen) atoms. The molecule has 0 atom stereocenters. The van der Waals surface area contributed by atoms with Gasteiger partial charge in [0, 0.05) is 5.56 Å². The van der Waals surface area contributed by atoms with E-state index in [1.807, 2.05) is 0 Å². The second kappa shape index (κ2) is 7.60. The molecule has 0 aliphatic carbocycles. The summed E-state index contributed by atoms with van der Waals surface area (Å²) in [7, 11) is 1.44. The topological polar surface area (TPSA) is 99.7 Å². The van der Waals surface area contributed by atoms with Crippen LogP contribution >= 0.6 is 12.2 Å². The molecule has 0 radical (unpaired) electrons. The molecule has 1 aliphatic heterocycles. The van der Waals surface area contributed by atoms with Gasteiger partial charge < -0.3 is 24.7 Å². The molecule has 126 valence electrons. The summed E-state index contributed by atoms with van der Waals surface area (Å²) in [4.78, 5) is 22.4. The van der Waals surface area contributed by atoms with Crippen LogP contribution in [0.5, 0.6) is 11.5 Å². The minimum Gasteiger partial charge on any atom is -0.546 e. The van der Waals surface area contributed by atoms with E-state index in [1.165, 1.54) is 7.11 Å². The van der Waals surface area contributed by atoms with Gasteiger partial charge in [0.1, 0.15) is 12.3 Å². The summed E-state index contributed by atoms with van der Waals surface area (Å²) in [6.45, 7) is 3.07. The lowest BCUT2D eigenvalue weighted by Crippen LogP contribution is -2.29. The molecule has 1 saturated heterocycles. The number of methoxy groups -OCH3 is 1. The van der Waals surface area contributed by atoms with Crippen molar-refractivity contribution in [2.75, 3.05) is 13.7 Å². The van der Waals surface area contributed by atoms with Crippen molar-refractivity contribution >= 4 is 35.3 Å². The fourth-order valence-corrected chi connectivity index (χ4v) is 2.37. The van der Waals surface area contributed by atoms with E-state index in [0.29, 0.717) is 34.7 Å². The minimum absolute atomic E-state index is 0.235. The van der Waals surface area contributed by atoms with Gasteiger partial charge in [0.05, 0.1) is 13.1 Å². The lowest BCUT2D eigenvalue weighted by atomic mass is 10.0. The molecule has 0 spiro atoms. The third-order valence-corrected chi connectivity index (χ3v) is 3.31. The van der Waals surface area contributed by atoms with E-state index >= 15 is 0 Å².